The number of imidazole rings is 1. The third kappa shape index (κ3) is 3.90. The molecule has 0 fully saturated rings. The van der Waals surface area contributed by atoms with Crippen LogP contribution in [0.25, 0.3) is 16.0 Å². The standard InChI is InChI=1S/C21H20BrN5OS/c1-13(16-6-4-5-11-23-16)24-19(28)18-12-17-20(29-18)27(21(25-17)26(2)3)15-9-7-14(22)8-10-15/h4-13H,1-3H3,(H,24,28). The van der Waals surface area contributed by atoms with Crippen molar-refractivity contribution in [3.63, 3.8) is 0 Å². The summed E-state index contributed by atoms with van der Waals surface area (Å²) in [5, 5.41) is 3.02. The molecule has 4 aromatic rings. The van der Waals surface area contributed by atoms with E-state index >= 15 is 0 Å². The smallest absolute Gasteiger partial charge is 0.262 e. The minimum absolute atomic E-state index is 0.125. The number of thiophene rings is 1. The lowest BCUT2D eigenvalue weighted by Crippen LogP contribution is -2.26. The van der Waals surface area contributed by atoms with Gasteiger partial charge in [-0.2, -0.15) is 0 Å². The van der Waals surface area contributed by atoms with Crippen LogP contribution < -0.4 is 10.2 Å². The van der Waals surface area contributed by atoms with Gasteiger partial charge in [-0.05, 0) is 49.4 Å². The van der Waals surface area contributed by atoms with Crippen molar-refractivity contribution in [2.45, 2.75) is 13.0 Å². The van der Waals surface area contributed by atoms with Crippen molar-refractivity contribution in [3.05, 3.63) is 69.8 Å². The molecule has 1 unspecified atom stereocenters. The first-order chi connectivity index (χ1) is 13.9. The summed E-state index contributed by atoms with van der Waals surface area (Å²) in [5.74, 6) is 0.697. The summed E-state index contributed by atoms with van der Waals surface area (Å²) in [6, 6.07) is 15.4. The minimum Gasteiger partial charge on any atom is -0.348 e. The fourth-order valence-electron chi connectivity index (χ4n) is 3.07. The topological polar surface area (TPSA) is 63.1 Å². The Morgan fingerprint density at radius 1 is 1.21 bits per heavy atom. The number of rotatable bonds is 5. The predicted octanol–water partition coefficient (Wildman–Crippen LogP) is 4.80. The summed E-state index contributed by atoms with van der Waals surface area (Å²) in [5.41, 5.74) is 2.63. The van der Waals surface area contributed by atoms with Crippen LogP contribution in [0.15, 0.2) is 59.2 Å². The molecule has 8 heteroatoms. The molecule has 1 amide bonds. The molecule has 29 heavy (non-hydrogen) atoms. The van der Waals surface area contributed by atoms with E-state index in [2.05, 4.69) is 30.8 Å². The molecule has 4 rings (SSSR count). The van der Waals surface area contributed by atoms with Gasteiger partial charge in [0, 0.05) is 30.5 Å². The van der Waals surface area contributed by atoms with Crippen LogP contribution in [0.5, 0.6) is 0 Å². The molecule has 0 aliphatic rings. The largest absolute Gasteiger partial charge is 0.348 e. The molecule has 1 N–H and O–H groups in total. The predicted molar refractivity (Wildman–Crippen MR) is 121 cm³/mol. The van der Waals surface area contributed by atoms with Crippen LogP contribution in [-0.4, -0.2) is 34.5 Å². The summed E-state index contributed by atoms with van der Waals surface area (Å²) in [6.07, 6.45) is 1.73. The molecule has 0 aliphatic carbocycles. The van der Waals surface area contributed by atoms with Crippen LogP contribution in [-0.2, 0) is 0 Å². The SMILES string of the molecule is CC(NC(=O)c1cc2nc(N(C)C)n(-c3ccc(Br)cc3)c2s1)c1ccccn1. The molecule has 6 nitrogen and oxygen atoms in total. The van der Waals surface area contributed by atoms with E-state index in [1.807, 2.05) is 74.4 Å². The van der Waals surface area contributed by atoms with Gasteiger partial charge in [0.25, 0.3) is 5.91 Å². The van der Waals surface area contributed by atoms with Gasteiger partial charge < -0.3 is 10.2 Å². The molecule has 1 aromatic carbocycles. The number of anilines is 1. The zero-order valence-corrected chi connectivity index (χ0v) is 18.7. The maximum Gasteiger partial charge on any atom is 0.262 e. The maximum atomic E-state index is 12.8. The van der Waals surface area contributed by atoms with Gasteiger partial charge in [-0.15, -0.1) is 11.3 Å². The molecule has 0 radical (unpaired) electrons. The number of aromatic nitrogens is 3. The van der Waals surface area contributed by atoms with Gasteiger partial charge >= 0.3 is 0 Å². The average Bonchev–Trinajstić information content (AvgIpc) is 3.27. The summed E-state index contributed by atoms with van der Waals surface area (Å²) < 4.78 is 3.09. The van der Waals surface area contributed by atoms with Crippen LogP contribution in [0, 0.1) is 0 Å². The van der Waals surface area contributed by atoms with Gasteiger partial charge in [-0.3, -0.25) is 14.3 Å². The van der Waals surface area contributed by atoms with Crippen molar-refractivity contribution >= 4 is 49.5 Å². The van der Waals surface area contributed by atoms with Crippen molar-refractivity contribution in [3.8, 4) is 5.69 Å². The summed E-state index contributed by atoms with van der Waals surface area (Å²) >= 11 is 4.92. The molecular weight excluding hydrogens is 450 g/mol. The molecule has 0 saturated heterocycles. The average molecular weight is 470 g/mol. The van der Waals surface area contributed by atoms with Crippen LogP contribution in [0.4, 0.5) is 5.95 Å². The van der Waals surface area contributed by atoms with E-state index in [9.17, 15) is 4.79 Å². The Kier molecular flexibility index (Phi) is 5.38. The van der Waals surface area contributed by atoms with E-state index in [4.69, 9.17) is 4.98 Å². The molecule has 1 atom stereocenters. The zero-order chi connectivity index (χ0) is 20.5. The fourth-order valence-corrected chi connectivity index (χ4v) is 4.35. The molecule has 0 saturated carbocycles. The van der Waals surface area contributed by atoms with Crippen LogP contribution in [0.1, 0.15) is 28.3 Å². The number of halogens is 1. The zero-order valence-electron chi connectivity index (χ0n) is 16.3. The van der Waals surface area contributed by atoms with Gasteiger partial charge in [0.1, 0.15) is 10.3 Å². The lowest BCUT2D eigenvalue weighted by atomic mass is 10.2. The van der Waals surface area contributed by atoms with Crippen molar-refractivity contribution in [2.75, 3.05) is 19.0 Å². The Balaban J connectivity index is 1.69. The number of pyridine rings is 1. The van der Waals surface area contributed by atoms with Gasteiger partial charge in [0.15, 0.2) is 0 Å². The van der Waals surface area contributed by atoms with E-state index in [-0.39, 0.29) is 11.9 Å². The van der Waals surface area contributed by atoms with E-state index < -0.39 is 0 Å². The van der Waals surface area contributed by atoms with E-state index in [0.29, 0.717) is 4.88 Å². The number of nitrogens with zero attached hydrogens (tertiary/aromatic N) is 4. The molecular formula is C21H20BrN5OS. The lowest BCUT2D eigenvalue weighted by molar-refractivity contribution is 0.0943. The summed E-state index contributed by atoms with van der Waals surface area (Å²) in [4.78, 5) is 25.4. The minimum atomic E-state index is -0.177. The van der Waals surface area contributed by atoms with Crippen LogP contribution in [0.2, 0.25) is 0 Å². The Bertz CT molecular complexity index is 1150. The quantitative estimate of drug-likeness (QED) is 0.455. The molecule has 0 bridgehead atoms. The first kappa shape index (κ1) is 19.6. The van der Waals surface area contributed by atoms with Gasteiger partial charge in [0.05, 0.1) is 16.6 Å². The molecule has 3 aromatic heterocycles. The van der Waals surface area contributed by atoms with Gasteiger partial charge in [-0.25, -0.2) is 4.98 Å². The Hall–Kier alpha value is -2.71. The highest BCUT2D eigenvalue weighted by molar-refractivity contribution is 9.10. The fraction of sp³-hybridized carbons (Fsp3) is 0.190. The van der Waals surface area contributed by atoms with Gasteiger partial charge in [-0.1, -0.05) is 22.0 Å². The Morgan fingerprint density at radius 3 is 2.62 bits per heavy atom. The number of hydrogen-bond acceptors (Lipinski definition) is 5. The highest BCUT2D eigenvalue weighted by Gasteiger charge is 2.21. The van der Waals surface area contributed by atoms with Crippen molar-refractivity contribution in [2.24, 2.45) is 0 Å². The second-order valence-electron chi connectivity index (χ2n) is 6.87. The van der Waals surface area contributed by atoms with Crippen molar-refractivity contribution in [1.82, 2.24) is 19.9 Å². The van der Waals surface area contributed by atoms with Crippen LogP contribution in [0.3, 0.4) is 0 Å². The third-order valence-electron chi connectivity index (χ3n) is 4.50. The van der Waals surface area contributed by atoms with Gasteiger partial charge in [0.2, 0.25) is 5.95 Å². The number of fused-ring (bicyclic) bond motifs is 1. The number of hydrogen-bond donors (Lipinski definition) is 1. The normalized spacial score (nSPS) is 12.1. The lowest BCUT2D eigenvalue weighted by Gasteiger charge is -2.15. The third-order valence-corrected chi connectivity index (χ3v) is 6.14. The number of benzene rings is 1. The van der Waals surface area contributed by atoms with Crippen LogP contribution >= 0.6 is 27.3 Å². The summed E-state index contributed by atoms with van der Waals surface area (Å²) in [7, 11) is 3.92. The van der Waals surface area contributed by atoms with E-state index in [1.165, 1.54) is 11.3 Å². The highest BCUT2D eigenvalue weighted by atomic mass is 79.9. The second kappa shape index (κ2) is 7.96. The monoisotopic (exact) mass is 469 g/mol. The number of nitrogens with one attached hydrogen (secondary N) is 1. The number of carbonyl (C=O) groups excluding carboxylic acids is 1. The molecule has 0 spiro atoms. The molecule has 3 heterocycles. The van der Waals surface area contributed by atoms with Crippen molar-refractivity contribution in [1.29, 1.82) is 0 Å². The number of amides is 1. The van der Waals surface area contributed by atoms with E-state index in [1.54, 1.807) is 6.20 Å². The van der Waals surface area contributed by atoms with E-state index in [0.717, 1.165) is 32.1 Å². The molecule has 0 aliphatic heterocycles. The highest BCUT2D eigenvalue weighted by Crippen LogP contribution is 2.33. The maximum absolute atomic E-state index is 12.8. The molecule has 148 valence electrons. The summed E-state index contributed by atoms with van der Waals surface area (Å²) in [6.45, 7) is 1.93. The Morgan fingerprint density at radius 2 is 1.97 bits per heavy atom. The van der Waals surface area contributed by atoms with Crippen molar-refractivity contribution < 1.29 is 4.79 Å². The first-order valence-electron chi connectivity index (χ1n) is 9.11. The first-order valence-corrected chi connectivity index (χ1v) is 10.7. The Labute approximate surface area is 181 Å². The second-order valence-corrected chi connectivity index (χ2v) is 8.82. The number of carbonyl (C=O) groups is 1.